The minimum atomic E-state index is -0.985. The summed E-state index contributed by atoms with van der Waals surface area (Å²) in [6, 6.07) is 0. The molecular weight excluding hydrogens is 158 g/mol. The van der Waals surface area contributed by atoms with Crippen LogP contribution >= 0.6 is 11.9 Å². The predicted octanol–water partition coefficient (Wildman–Crippen LogP) is 0.0752. The first-order valence-electron chi connectivity index (χ1n) is 2.34. The second kappa shape index (κ2) is 4.92. The van der Waals surface area contributed by atoms with E-state index in [1.54, 1.807) is 0 Å². The van der Waals surface area contributed by atoms with Crippen molar-refractivity contribution in [1.82, 2.24) is 4.72 Å². The molecule has 0 fully saturated rings. The molecule has 0 bridgehead atoms. The fourth-order valence-corrected chi connectivity index (χ4v) is 0.595. The quantitative estimate of drug-likeness (QED) is 0.579. The Labute approximate surface area is 61.9 Å². The molecule has 0 unspecified atom stereocenters. The topological polar surface area (TPSA) is 75.6 Å². The SMILES string of the molecule is COC(=O)NSCC(=O)O. The summed E-state index contributed by atoms with van der Waals surface area (Å²) in [5, 5.41) is 8.09. The minimum absolute atomic E-state index is 0.172. The molecule has 0 rings (SSSR count). The zero-order valence-electron chi connectivity index (χ0n) is 5.29. The maximum absolute atomic E-state index is 10.2. The minimum Gasteiger partial charge on any atom is -0.481 e. The highest BCUT2D eigenvalue weighted by molar-refractivity contribution is 7.98. The van der Waals surface area contributed by atoms with Crippen LogP contribution in [-0.2, 0) is 9.53 Å². The van der Waals surface area contributed by atoms with Crippen LogP contribution in [-0.4, -0.2) is 30.0 Å². The number of hydrogen-bond donors (Lipinski definition) is 2. The average molecular weight is 165 g/mol. The summed E-state index contributed by atoms with van der Waals surface area (Å²) in [5.41, 5.74) is 0. The van der Waals surface area contributed by atoms with Gasteiger partial charge in [0.1, 0.15) is 5.75 Å². The number of methoxy groups -OCH3 is 1. The number of amides is 1. The van der Waals surface area contributed by atoms with E-state index in [-0.39, 0.29) is 5.75 Å². The number of carbonyl (C=O) groups excluding carboxylic acids is 1. The van der Waals surface area contributed by atoms with Crippen molar-refractivity contribution >= 4 is 24.0 Å². The largest absolute Gasteiger partial charge is 0.481 e. The first-order valence-corrected chi connectivity index (χ1v) is 3.33. The van der Waals surface area contributed by atoms with Crippen molar-refractivity contribution in [2.24, 2.45) is 0 Å². The fourth-order valence-electron chi connectivity index (χ4n) is 0.198. The number of rotatable bonds is 3. The monoisotopic (exact) mass is 165 g/mol. The van der Waals surface area contributed by atoms with E-state index in [1.807, 2.05) is 0 Å². The van der Waals surface area contributed by atoms with Crippen LogP contribution < -0.4 is 4.72 Å². The average Bonchev–Trinajstić information content (AvgIpc) is 1.87. The first-order chi connectivity index (χ1) is 4.66. The molecule has 1 amide bonds. The molecule has 10 heavy (non-hydrogen) atoms. The second-order valence-corrected chi connectivity index (χ2v) is 2.06. The standard InChI is InChI=1S/C4H7NO4S/c1-9-4(8)5-10-2-3(6)7/h2H2,1H3,(H,5,8)(H,6,7). The van der Waals surface area contributed by atoms with E-state index in [4.69, 9.17) is 5.11 Å². The summed E-state index contributed by atoms with van der Waals surface area (Å²) in [7, 11) is 1.21. The van der Waals surface area contributed by atoms with Gasteiger partial charge in [0.05, 0.1) is 7.11 Å². The van der Waals surface area contributed by atoms with Crippen LogP contribution in [0.25, 0.3) is 0 Å². The Kier molecular flexibility index (Phi) is 4.47. The zero-order chi connectivity index (χ0) is 7.98. The Morgan fingerprint density at radius 1 is 1.70 bits per heavy atom. The Hall–Kier alpha value is -0.910. The third-order valence-corrected chi connectivity index (χ3v) is 1.24. The highest BCUT2D eigenvalue weighted by Gasteiger charge is 2.00. The van der Waals surface area contributed by atoms with Crippen LogP contribution in [0.5, 0.6) is 0 Å². The van der Waals surface area contributed by atoms with E-state index in [1.165, 1.54) is 7.11 Å². The molecule has 0 aliphatic carbocycles. The number of hydrogen-bond acceptors (Lipinski definition) is 4. The molecule has 0 aromatic rings. The Morgan fingerprint density at radius 3 is 2.70 bits per heavy atom. The predicted molar refractivity (Wildman–Crippen MR) is 35.6 cm³/mol. The van der Waals surface area contributed by atoms with E-state index in [0.717, 1.165) is 11.9 Å². The van der Waals surface area contributed by atoms with Gasteiger partial charge in [-0.25, -0.2) is 4.79 Å². The summed E-state index contributed by atoms with van der Waals surface area (Å²) >= 11 is 0.770. The highest BCUT2D eigenvalue weighted by atomic mass is 32.2. The summed E-state index contributed by atoms with van der Waals surface area (Å²) in [6.07, 6.45) is -0.647. The molecule has 0 spiro atoms. The number of carbonyl (C=O) groups is 2. The smallest absolute Gasteiger partial charge is 0.416 e. The third-order valence-electron chi connectivity index (χ3n) is 0.537. The van der Waals surface area contributed by atoms with Gasteiger partial charge in [-0.2, -0.15) is 0 Å². The normalized spacial score (nSPS) is 8.50. The summed E-state index contributed by atoms with van der Waals surface area (Å²) in [5.74, 6) is -1.16. The van der Waals surface area contributed by atoms with Crippen molar-refractivity contribution in [3.63, 3.8) is 0 Å². The van der Waals surface area contributed by atoms with E-state index in [2.05, 4.69) is 9.46 Å². The highest BCUT2D eigenvalue weighted by Crippen LogP contribution is 1.91. The second-order valence-electron chi connectivity index (χ2n) is 1.28. The van der Waals surface area contributed by atoms with Crippen LogP contribution in [0.15, 0.2) is 0 Å². The molecular formula is C4H7NO4S. The van der Waals surface area contributed by atoms with Crippen molar-refractivity contribution in [2.75, 3.05) is 12.9 Å². The fraction of sp³-hybridized carbons (Fsp3) is 0.500. The van der Waals surface area contributed by atoms with Crippen LogP contribution in [0.3, 0.4) is 0 Å². The maximum Gasteiger partial charge on any atom is 0.416 e. The van der Waals surface area contributed by atoms with Gasteiger partial charge in [-0.1, -0.05) is 0 Å². The lowest BCUT2D eigenvalue weighted by Gasteiger charge is -1.98. The van der Waals surface area contributed by atoms with Crippen molar-refractivity contribution in [1.29, 1.82) is 0 Å². The number of nitrogens with one attached hydrogen (secondary N) is 1. The van der Waals surface area contributed by atoms with Gasteiger partial charge < -0.3 is 9.84 Å². The van der Waals surface area contributed by atoms with Gasteiger partial charge in [0, 0.05) is 0 Å². The lowest BCUT2D eigenvalue weighted by atomic mass is 10.8. The van der Waals surface area contributed by atoms with E-state index in [0.29, 0.717) is 0 Å². The molecule has 0 saturated carbocycles. The number of aliphatic carboxylic acids is 1. The molecule has 0 heterocycles. The van der Waals surface area contributed by atoms with Crippen LogP contribution in [0.2, 0.25) is 0 Å². The number of carboxylic acids is 1. The molecule has 0 saturated heterocycles. The van der Waals surface area contributed by atoms with Crippen molar-refractivity contribution in [2.45, 2.75) is 0 Å². The molecule has 0 aromatic carbocycles. The molecule has 0 radical (unpaired) electrons. The Morgan fingerprint density at radius 2 is 2.30 bits per heavy atom. The van der Waals surface area contributed by atoms with Crippen LogP contribution in [0, 0.1) is 0 Å². The van der Waals surface area contributed by atoms with Gasteiger partial charge in [-0.05, 0) is 11.9 Å². The van der Waals surface area contributed by atoms with Gasteiger partial charge in [0.25, 0.3) is 0 Å². The van der Waals surface area contributed by atoms with Gasteiger partial charge >= 0.3 is 12.1 Å². The molecule has 0 atom stereocenters. The van der Waals surface area contributed by atoms with Crippen molar-refractivity contribution in [3.8, 4) is 0 Å². The Balaban J connectivity index is 3.20. The lowest BCUT2D eigenvalue weighted by molar-refractivity contribution is -0.133. The zero-order valence-corrected chi connectivity index (χ0v) is 6.10. The maximum atomic E-state index is 10.2. The molecule has 58 valence electrons. The van der Waals surface area contributed by atoms with Crippen molar-refractivity contribution in [3.05, 3.63) is 0 Å². The van der Waals surface area contributed by atoms with Crippen molar-refractivity contribution < 1.29 is 19.4 Å². The summed E-state index contributed by atoms with van der Waals surface area (Å²) in [6.45, 7) is 0. The molecule has 2 N–H and O–H groups in total. The summed E-state index contributed by atoms with van der Waals surface area (Å²) in [4.78, 5) is 20.1. The van der Waals surface area contributed by atoms with Gasteiger partial charge in [-0.3, -0.25) is 9.52 Å². The third kappa shape index (κ3) is 5.23. The molecule has 0 aromatic heterocycles. The molecule has 5 nitrogen and oxygen atoms in total. The van der Waals surface area contributed by atoms with Gasteiger partial charge in [0.2, 0.25) is 0 Å². The van der Waals surface area contributed by atoms with Gasteiger partial charge in [0.15, 0.2) is 0 Å². The van der Waals surface area contributed by atoms with Gasteiger partial charge in [-0.15, -0.1) is 0 Å². The van der Waals surface area contributed by atoms with Crippen LogP contribution in [0.4, 0.5) is 4.79 Å². The first kappa shape index (κ1) is 9.09. The van der Waals surface area contributed by atoms with E-state index in [9.17, 15) is 9.59 Å². The molecule has 0 aliphatic heterocycles. The molecule has 6 heteroatoms. The number of ether oxygens (including phenoxy) is 1. The summed E-state index contributed by atoms with van der Waals surface area (Å²) < 4.78 is 6.31. The van der Waals surface area contributed by atoms with E-state index >= 15 is 0 Å². The lowest BCUT2D eigenvalue weighted by Crippen LogP contribution is -2.17. The Bertz CT molecular complexity index is 137. The van der Waals surface area contributed by atoms with Crippen LogP contribution in [0.1, 0.15) is 0 Å². The number of carboxylic acid groups (broad SMARTS) is 1. The van der Waals surface area contributed by atoms with E-state index < -0.39 is 12.1 Å². The molecule has 0 aliphatic rings.